The quantitative estimate of drug-likeness (QED) is 0.697. The molecule has 1 saturated heterocycles. The van der Waals surface area contributed by atoms with Gasteiger partial charge in [-0.1, -0.05) is 27.7 Å². The highest BCUT2D eigenvalue weighted by Crippen LogP contribution is 2.46. The summed E-state index contributed by atoms with van der Waals surface area (Å²) in [6.07, 6.45) is 12.9. The SMILES string of the molecule is CCN1CCC(C2=CN3C(=O)C=C(c4cc(C)c5nn(C)cc5c4)PC3C=C2)CC1. The molecule has 0 N–H and O–H groups in total. The van der Waals surface area contributed by atoms with Crippen molar-refractivity contribution in [1.82, 2.24) is 19.6 Å². The lowest BCUT2D eigenvalue weighted by molar-refractivity contribution is -0.123. The third-order valence-corrected chi connectivity index (χ3v) is 8.13. The first-order valence-electron chi connectivity index (χ1n) is 10.9. The highest BCUT2D eigenvalue weighted by molar-refractivity contribution is 7.51. The molecule has 30 heavy (non-hydrogen) atoms. The molecule has 0 spiro atoms. The maximum absolute atomic E-state index is 13.0. The van der Waals surface area contributed by atoms with Crippen LogP contribution in [-0.4, -0.2) is 50.9 Å². The zero-order chi connectivity index (χ0) is 20.8. The molecule has 0 bridgehead atoms. The van der Waals surface area contributed by atoms with Crippen molar-refractivity contribution in [3.63, 3.8) is 0 Å². The van der Waals surface area contributed by atoms with Gasteiger partial charge in [0.25, 0.3) is 5.91 Å². The van der Waals surface area contributed by atoms with E-state index in [9.17, 15) is 4.79 Å². The first-order chi connectivity index (χ1) is 14.5. The number of allylic oxidation sites excluding steroid dienone is 2. The van der Waals surface area contributed by atoms with Crippen LogP contribution >= 0.6 is 8.58 Å². The summed E-state index contributed by atoms with van der Waals surface area (Å²) in [5.74, 6) is 0.814. The van der Waals surface area contributed by atoms with Crippen LogP contribution in [0.2, 0.25) is 0 Å². The maximum atomic E-state index is 13.0. The topological polar surface area (TPSA) is 41.4 Å². The van der Waals surface area contributed by atoms with E-state index in [2.05, 4.69) is 54.3 Å². The monoisotopic (exact) mass is 420 g/mol. The average Bonchev–Trinajstić information content (AvgIpc) is 3.14. The average molecular weight is 420 g/mol. The van der Waals surface area contributed by atoms with E-state index in [0.29, 0.717) is 14.5 Å². The predicted octanol–water partition coefficient (Wildman–Crippen LogP) is 4.26. The van der Waals surface area contributed by atoms with Gasteiger partial charge < -0.3 is 9.80 Å². The fourth-order valence-corrected chi connectivity index (χ4v) is 6.24. The Hall–Kier alpha value is -2.23. The zero-order valence-corrected chi connectivity index (χ0v) is 18.9. The molecule has 0 radical (unpaired) electrons. The molecule has 4 heterocycles. The third kappa shape index (κ3) is 3.55. The van der Waals surface area contributed by atoms with Crippen LogP contribution in [0.25, 0.3) is 16.2 Å². The van der Waals surface area contributed by atoms with Crippen LogP contribution < -0.4 is 0 Å². The fraction of sp³-hybridized carbons (Fsp3) is 0.417. The largest absolute Gasteiger partial charge is 0.304 e. The first kappa shape index (κ1) is 19.7. The molecule has 0 saturated carbocycles. The molecule has 3 aliphatic rings. The molecule has 5 rings (SSSR count). The van der Waals surface area contributed by atoms with Crippen LogP contribution in [-0.2, 0) is 11.8 Å². The van der Waals surface area contributed by atoms with Crippen molar-refractivity contribution in [2.45, 2.75) is 32.5 Å². The normalized spacial score (nSPS) is 23.8. The number of nitrogens with zero attached hydrogens (tertiary/aromatic N) is 4. The number of aryl methyl sites for hydroxylation is 2. The van der Waals surface area contributed by atoms with Crippen molar-refractivity contribution in [3.8, 4) is 0 Å². The van der Waals surface area contributed by atoms with Crippen molar-refractivity contribution in [3.05, 3.63) is 59.5 Å². The van der Waals surface area contributed by atoms with Crippen LogP contribution in [0.4, 0.5) is 0 Å². The molecule has 156 valence electrons. The van der Waals surface area contributed by atoms with E-state index in [-0.39, 0.29) is 11.7 Å². The van der Waals surface area contributed by atoms with Crippen molar-refractivity contribution in [2.24, 2.45) is 13.0 Å². The minimum absolute atomic E-state index is 0.102. The Morgan fingerprint density at radius 1 is 1.23 bits per heavy atom. The van der Waals surface area contributed by atoms with Gasteiger partial charge in [0.2, 0.25) is 0 Å². The third-order valence-electron chi connectivity index (χ3n) is 6.62. The number of benzene rings is 1. The number of carbonyl (C=O) groups is 1. The van der Waals surface area contributed by atoms with E-state index in [1.807, 2.05) is 28.9 Å². The molecule has 2 aromatic rings. The van der Waals surface area contributed by atoms with Crippen LogP contribution in [0.1, 0.15) is 30.9 Å². The van der Waals surface area contributed by atoms with Gasteiger partial charge in [0.05, 0.1) is 11.3 Å². The molecule has 2 unspecified atom stereocenters. The number of hydrogen-bond donors (Lipinski definition) is 0. The zero-order valence-electron chi connectivity index (χ0n) is 17.9. The molecular formula is C24H29N4OP. The van der Waals surface area contributed by atoms with E-state index in [1.165, 1.54) is 18.4 Å². The van der Waals surface area contributed by atoms with Crippen LogP contribution in [0.15, 0.2) is 48.3 Å². The van der Waals surface area contributed by atoms with Gasteiger partial charge in [0, 0.05) is 30.9 Å². The van der Waals surface area contributed by atoms with E-state index in [4.69, 9.17) is 0 Å². The highest BCUT2D eigenvalue weighted by atomic mass is 31.1. The van der Waals surface area contributed by atoms with Crippen molar-refractivity contribution in [2.75, 3.05) is 19.6 Å². The first-order valence-corrected chi connectivity index (χ1v) is 12.0. The van der Waals surface area contributed by atoms with E-state index < -0.39 is 0 Å². The summed E-state index contributed by atoms with van der Waals surface area (Å²) >= 11 is 0. The number of aromatic nitrogens is 2. The number of likely N-dealkylation sites (tertiary alicyclic amines) is 1. The van der Waals surface area contributed by atoms with Gasteiger partial charge in [-0.05, 0) is 79.5 Å². The van der Waals surface area contributed by atoms with E-state index in [0.717, 1.165) is 47.0 Å². The fourth-order valence-electron chi connectivity index (χ4n) is 4.87. The summed E-state index contributed by atoms with van der Waals surface area (Å²) in [6, 6.07) is 4.35. The van der Waals surface area contributed by atoms with Crippen LogP contribution in [0, 0.1) is 12.8 Å². The molecule has 1 aromatic carbocycles. The minimum atomic E-state index is 0.102. The van der Waals surface area contributed by atoms with Gasteiger partial charge in [0.1, 0.15) is 0 Å². The van der Waals surface area contributed by atoms with Gasteiger partial charge in [-0.25, -0.2) is 0 Å². The van der Waals surface area contributed by atoms with Crippen LogP contribution in [0.5, 0.6) is 0 Å². The molecule has 1 aromatic heterocycles. The number of rotatable bonds is 3. The molecule has 3 aliphatic heterocycles. The Morgan fingerprint density at radius 2 is 2.03 bits per heavy atom. The van der Waals surface area contributed by atoms with Crippen LogP contribution in [0.3, 0.4) is 0 Å². The molecule has 6 heteroatoms. The molecule has 0 aliphatic carbocycles. The van der Waals surface area contributed by atoms with E-state index >= 15 is 0 Å². The Bertz CT molecular complexity index is 1090. The Kier molecular flexibility index (Phi) is 5.12. The number of piperidine rings is 1. The Morgan fingerprint density at radius 3 is 2.80 bits per heavy atom. The summed E-state index contributed by atoms with van der Waals surface area (Å²) in [5, 5.41) is 6.82. The predicted molar refractivity (Wildman–Crippen MR) is 124 cm³/mol. The van der Waals surface area contributed by atoms with Gasteiger partial charge in [-0.2, -0.15) is 5.10 Å². The summed E-state index contributed by atoms with van der Waals surface area (Å²) < 4.78 is 1.85. The second kappa shape index (κ2) is 7.79. The number of hydrogen-bond acceptors (Lipinski definition) is 3. The summed E-state index contributed by atoms with van der Waals surface area (Å²) in [6.45, 7) is 7.78. The lowest BCUT2D eigenvalue weighted by Crippen LogP contribution is -2.38. The Balaban J connectivity index is 1.39. The van der Waals surface area contributed by atoms with Crippen molar-refractivity contribution < 1.29 is 4.79 Å². The van der Waals surface area contributed by atoms with Gasteiger partial charge >= 0.3 is 0 Å². The minimum Gasteiger partial charge on any atom is -0.304 e. The summed E-state index contributed by atoms with van der Waals surface area (Å²) in [4.78, 5) is 17.5. The van der Waals surface area contributed by atoms with E-state index in [1.54, 1.807) is 0 Å². The lowest BCUT2D eigenvalue weighted by atomic mass is 9.88. The number of carbonyl (C=O) groups excluding carboxylic acids is 1. The number of fused-ring (bicyclic) bond motifs is 2. The molecular weight excluding hydrogens is 391 g/mol. The lowest BCUT2D eigenvalue weighted by Gasteiger charge is -2.37. The standard InChI is InChI=1S/C24H29N4OP/c1-4-27-9-7-17(8-10-27)18-5-6-23-28(15-18)22(29)13-21(30-23)19-11-16(2)24-20(12-19)14-26(3)25-24/h5-6,11-15,17,23,30H,4,7-10H2,1-3H3. The van der Waals surface area contributed by atoms with Gasteiger partial charge in [-0.15, -0.1) is 0 Å². The van der Waals surface area contributed by atoms with Gasteiger partial charge in [0.15, 0.2) is 0 Å². The maximum Gasteiger partial charge on any atom is 0.252 e. The Labute approximate surface area is 179 Å². The molecule has 5 nitrogen and oxygen atoms in total. The summed E-state index contributed by atoms with van der Waals surface area (Å²) in [7, 11) is 2.50. The van der Waals surface area contributed by atoms with Gasteiger partial charge in [-0.3, -0.25) is 9.48 Å². The smallest absolute Gasteiger partial charge is 0.252 e. The summed E-state index contributed by atoms with van der Waals surface area (Å²) in [5.41, 5.74) is 4.66. The number of amides is 1. The second-order valence-electron chi connectivity index (χ2n) is 8.62. The molecule has 2 atom stereocenters. The van der Waals surface area contributed by atoms with Crippen molar-refractivity contribution >= 4 is 30.7 Å². The highest BCUT2D eigenvalue weighted by Gasteiger charge is 2.31. The molecule has 1 fully saturated rings. The second-order valence-corrected chi connectivity index (χ2v) is 10.0. The van der Waals surface area contributed by atoms with Crippen molar-refractivity contribution in [1.29, 1.82) is 0 Å². The molecule has 1 amide bonds.